The van der Waals surface area contributed by atoms with Crippen molar-refractivity contribution in [3.63, 3.8) is 0 Å². The van der Waals surface area contributed by atoms with Gasteiger partial charge in [0, 0.05) is 11.3 Å². The minimum Gasteiger partial charge on any atom is -0.399 e. The average molecular weight is 180 g/mol. The summed E-state index contributed by atoms with van der Waals surface area (Å²) in [6.45, 7) is 1.48. The third kappa shape index (κ3) is 2.76. The zero-order valence-electron chi connectivity index (χ0n) is 7.32. The van der Waals surface area contributed by atoms with Crippen LogP contribution >= 0.6 is 0 Å². The summed E-state index contributed by atoms with van der Waals surface area (Å²) >= 11 is 0. The average Bonchev–Trinajstić information content (AvgIpc) is 2.03. The molecule has 0 saturated heterocycles. The van der Waals surface area contributed by atoms with Gasteiger partial charge in [-0.3, -0.25) is 4.79 Å². The first-order valence-electron chi connectivity index (χ1n) is 3.94. The summed E-state index contributed by atoms with van der Waals surface area (Å²) in [4.78, 5) is 11.3. The van der Waals surface area contributed by atoms with Gasteiger partial charge in [-0.1, -0.05) is 6.07 Å². The van der Waals surface area contributed by atoms with E-state index in [-0.39, 0.29) is 5.91 Å². The standard InChI is InChI=1S/C9H12N2O2/c1-6(12)11-9(13)7-3-2-4-8(10)5-7/h2-6,12H,10H2,1H3,(H,11,13). The minimum atomic E-state index is -0.853. The molecular weight excluding hydrogens is 168 g/mol. The Morgan fingerprint density at radius 1 is 1.62 bits per heavy atom. The second kappa shape index (κ2) is 3.91. The SMILES string of the molecule is CC(O)NC(=O)c1cccc(N)c1. The molecule has 1 rings (SSSR count). The van der Waals surface area contributed by atoms with Crippen LogP contribution in [0.15, 0.2) is 24.3 Å². The van der Waals surface area contributed by atoms with Gasteiger partial charge in [-0.15, -0.1) is 0 Å². The van der Waals surface area contributed by atoms with Gasteiger partial charge in [-0.2, -0.15) is 0 Å². The fourth-order valence-corrected chi connectivity index (χ4v) is 0.953. The zero-order chi connectivity index (χ0) is 9.84. The fourth-order valence-electron chi connectivity index (χ4n) is 0.953. The molecule has 0 fully saturated rings. The van der Waals surface area contributed by atoms with Gasteiger partial charge < -0.3 is 16.2 Å². The van der Waals surface area contributed by atoms with Gasteiger partial charge in [0.05, 0.1) is 0 Å². The molecule has 70 valence electrons. The molecule has 1 aromatic rings. The molecule has 0 aliphatic heterocycles. The largest absolute Gasteiger partial charge is 0.399 e. The number of aliphatic hydroxyl groups is 1. The molecule has 1 unspecified atom stereocenters. The number of nitrogens with two attached hydrogens (primary N) is 1. The summed E-state index contributed by atoms with van der Waals surface area (Å²) in [6.07, 6.45) is -0.853. The van der Waals surface area contributed by atoms with E-state index in [1.165, 1.54) is 6.92 Å². The van der Waals surface area contributed by atoms with Gasteiger partial charge >= 0.3 is 0 Å². The molecule has 13 heavy (non-hydrogen) atoms. The predicted molar refractivity (Wildman–Crippen MR) is 50.0 cm³/mol. The number of carbonyl (C=O) groups is 1. The van der Waals surface area contributed by atoms with Crippen molar-refractivity contribution in [2.45, 2.75) is 13.2 Å². The van der Waals surface area contributed by atoms with Gasteiger partial charge in [0.15, 0.2) is 0 Å². The quantitative estimate of drug-likeness (QED) is 0.453. The Morgan fingerprint density at radius 3 is 2.85 bits per heavy atom. The summed E-state index contributed by atoms with van der Waals surface area (Å²) in [5.41, 5.74) is 6.46. The highest BCUT2D eigenvalue weighted by atomic mass is 16.3. The van der Waals surface area contributed by atoms with Gasteiger partial charge in [0.25, 0.3) is 5.91 Å². The van der Waals surface area contributed by atoms with Crippen molar-refractivity contribution in [2.75, 3.05) is 5.73 Å². The first-order chi connectivity index (χ1) is 6.09. The lowest BCUT2D eigenvalue weighted by Crippen LogP contribution is -2.32. The number of nitrogen functional groups attached to an aromatic ring is 1. The van der Waals surface area contributed by atoms with Crippen LogP contribution in [0.5, 0.6) is 0 Å². The summed E-state index contributed by atoms with van der Waals surface area (Å²) in [6, 6.07) is 6.57. The lowest BCUT2D eigenvalue weighted by atomic mass is 10.2. The molecule has 1 atom stereocenters. The first kappa shape index (κ1) is 9.54. The number of hydrogen-bond donors (Lipinski definition) is 3. The number of amides is 1. The van der Waals surface area contributed by atoms with Crippen molar-refractivity contribution in [3.05, 3.63) is 29.8 Å². The van der Waals surface area contributed by atoms with Crippen LogP contribution in [0.4, 0.5) is 5.69 Å². The third-order valence-corrected chi connectivity index (χ3v) is 1.49. The van der Waals surface area contributed by atoms with E-state index in [0.717, 1.165) is 0 Å². The van der Waals surface area contributed by atoms with Crippen LogP contribution in [0.25, 0.3) is 0 Å². The molecule has 0 radical (unpaired) electrons. The van der Waals surface area contributed by atoms with Gasteiger partial charge in [-0.25, -0.2) is 0 Å². The topological polar surface area (TPSA) is 75.3 Å². The number of nitrogens with one attached hydrogen (secondary N) is 1. The summed E-state index contributed by atoms with van der Waals surface area (Å²) in [5.74, 6) is -0.331. The second-order valence-electron chi connectivity index (χ2n) is 2.77. The van der Waals surface area contributed by atoms with E-state index in [0.29, 0.717) is 11.3 Å². The Hall–Kier alpha value is -1.55. The smallest absolute Gasteiger partial charge is 0.253 e. The molecule has 1 amide bonds. The Bertz CT molecular complexity index is 310. The molecule has 0 heterocycles. The van der Waals surface area contributed by atoms with Crippen molar-refractivity contribution in [1.29, 1.82) is 0 Å². The van der Waals surface area contributed by atoms with Crippen LogP contribution in [-0.4, -0.2) is 17.2 Å². The van der Waals surface area contributed by atoms with Crippen LogP contribution in [0, 0.1) is 0 Å². The van der Waals surface area contributed by atoms with Crippen LogP contribution in [-0.2, 0) is 0 Å². The predicted octanol–water partition coefficient (Wildman–Crippen LogP) is 0.337. The maximum absolute atomic E-state index is 11.3. The van der Waals surface area contributed by atoms with E-state index < -0.39 is 6.23 Å². The highest BCUT2D eigenvalue weighted by molar-refractivity contribution is 5.95. The monoisotopic (exact) mass is 180 g/mol. The summed E-state index contributed by atoms with van der Waals surface area (Å²) in [5, 5.41) is 11.2. The van der Waals surface area contributed by atoms with E-state index in [4.69, 9.17) is 10.8 Å². The summed E-state index contributed by atoms with van der Waals surface area (Å²) < 4.78 is 0. The van der Waals surface area contributed by atoms with Crippen LogP contribution < -0.4 is 11.1 Å². The Balaban J connectivity index is 2.77. The fraction of sp³-hybridized carbons (Fsp3) is 0.222. The van der Waals surface area contributed by atoms with Crippen molar-refractivity contribution in [3.8, 4) is 0 Å². The lowest BCUT2D eigenvalue weighted by molar-refractivity contribution is 0.0819. The van der Waals surface area contributed by atoms with E-state index in [9.17, 15) is 4.79 Å². The van der Waals surface area contributed by atoms with Crippen LogP contribution in [0.1, 0.15) is 17.3 Å². The van der Waals surface area contributed by atoms with Crippen molar-refractivity contribution < 1.29 is 9.90 Å². The molecule has 0 saturated carbocycles. The van der Waals surface area contributed by atoms with Crippen molar-refractivity contribution in [1.82, 2.24) is 5.32 Å². The van der Waals surface area contributed by atoms with Crippen molar-refractivity contribution in [2.24, 2.45) is 0 Å². The number of anilines is 1. The normalized spacial score (nSPS) is 12.2. The first-order valence-corrected chi connectivity index (χ1v) is 3.94. The second-order valence-corrected chi connectivity index (χ2v) is 2.77. The number of hydrogen-bond acceptors (Lipinski definition) is 3. The molecular formula is C9H12N2O2. The molecule has 0 aliphatic carbocycles. The van der Waals surface area contributed by atoms with Gasteiger partial charge in [-0.05, 0) is 25.1 Å². The van der Waals surface area contributed by atoms with E-state index >= 15 is 0 Å². The number of aliphatic hydroxyl groups excluding tert-OH is 1. The molecule has 4 heteroatoms. The molecule has 1 aromatic carbocycles. The van der Waals surface area contributed by atoms with Crippen LogP contribution in [0.2, 0.25) is 0 Å². The molecule has 0 aliphatic rings. The van der Waals surface area contributed by atoms with Gasteiger partial charge in [0.2, 0.25) is 0 Å². The molecule has 4 N–H and O–H groups in total. The van der Waals surface area contributed by atoms with Crippen LogP contribution in [0.3, 0.4) is 0 Å². The maximum atomic E-state index is 11.3. The molecule has 0 aromatic heterocycles. The Labute approximate surface area is 76.4 Å². The third-order valence-electron chi connectivity index (χ3n) is 1.49. The van der Waals surface area contributed by atoms with E-state index in [1.54, 1.807) is 24.3 Å². The highest BCUT2D eigenvalue weighted by Crippen LogP contribution is 2.06. The Morgan fingerprint density at radius 2 is 2.31 bits per heavy atom. The number of benzene rings is 1. The molecule has 4 nitrogen and oxygen atoms in total. The minimum absolute atomic E-state index is 0.331. The number of carbonyl (C=O) groups excluding carboxylic acids is 1. The Kier molecular flexibility index (Phi) is 2.87. The zero-order valence-corrected chi connectivity index (χ0v) is 7.32. The lowest BCUT2D eigenvalue weighted by Gasteiger charge is -2.07. The van der Waals surface area contributed by atoms with E-state index in [2.05, 4.69) is 5.32 Å². The summed E-state index contributed by atoms with van der Waals surface area (Å²) in [7, 11) is 0. The number of rotatable bonds is 2. The van der Waals surface area contributed by atoms with Gasteiger partial charge in [0.1, 0.15) is 6.23 Å². The van der Waals surface area contributed by atoms with E-state index in [1.807, 2.05) is 0 Å². The highest BCUT2D eigenvalue weighted by Gasteiger charge is 2.06. The molecule has 0 spiro atoms. The molecule has 0 bridgehead atoms. The maximum Gasteiger partial charge on any atom is 0.253 e. The van der Waals surface area contributed by atoms with Crippen molar-refractivity contribution >= 4 is 11.6 Å².